The van der Waals surface area contributed by atoms with Gasteiger partial charge >= 0.3 is 0 Å². The minimum atomic E-state index is -3.76. The van der Waals surface area contributed by atoms with Crippen LogP contribution in [-0.4, -0.2) is 26.5 Å². The van der Waals surface area contributed by atoms with Crippen LogP contribution in [0.2, 0.25) is 5.02 Å². The Hall–Kier alpha value is -2.06. The number of hydrogen-bond acceptors (Lipinski definition) is 5. The lowest BCUT2D eigenvalue weighted by molar-refractivity contribution is 0.0964. The van der Waals surface area contributed by atoms with Crippen LogP contribution in [-0.2, 0) is 15.8 Å². The molecule has 2 N–H and O–H groups in total. The summed E-state index contributed by atoms with van der Waals surface area (Å²) in [5, 5.41) is 6.38. The first kappa shape index (κ1) is 16.3. The standard InChI is InChI=1S/C13H14ClN3O4S/c1-8-5-10(21-16-8)7-22(19,20)17-12-4-3-9(14)6-11(12)13(18)15-2/h3-6,17H,7H2,1-2H3,(H,15,18). The molecule has 0 atom stereocenters. The minimum Gasteiger partial charge on any atom is -0.360 e. The first-order valence-corrected chi connectivity index (χ1v) is 8.28. The van der Waals surface area contributed by atoms with Crippen LogP contribution in [0.1, 0.15) is 21.8 Å². The molecule has 9 heteroatoms. The van der Waals surface area contributed by atoms with E-state index in [1.54, 1.807) is 6.92 Å². The third-order valence-corrected chi connectivity index (χ3v) is 4.16. The number of amides is 1. The Morgan fingerprint density at radius 1 is 1.36 bits per heavy atom. The summed E-state index contributed by atoms with van der Waals surface area (Å²) in [7, 11) is -2.32. The number of carbonyl (C=O) groups is 1. The van der Waals surface area contributed by atoms with E-state index in [-0.39, 0.29) is 22.8 Å². The van der Waals surface area contributed by atoms with Crippen molar-refractivity contribution in [3.63, 3.8) is 0 Å². The lowest BCUT2D eigenvalue weighted by Gasteiger charge is -2.11. The van der Waals surface area contributed by atoms with E-state index in [1.807, 2.05) is 0 Å². The zero-order chi connectivity index (χ0) is 16.3. The maximum absolute atomic E-state index is 12.2. The summed E-state index contributed by atoms with van der Waals surface area (Å²) in [5.41, 5.74) is 0.857. The number of halogens is 1. The van der Waals surface area contributed by atoms with Gasteiger partial charge in [0.1, 0.15) is 5.75 Å². The van der Waals surface area contributed by atoms with Gasteiger partial charge in [-0.25, -0.2) is 8.42 Å². The fraction of sp³-hybridized carbons (Fsp3) is 0.231. The molecule has 22 heavy (non-hydrogen) atoms. The maximum atomic E-state index is 12.2. The molecule has 0 unspecified atom stereocenters. The molecular formula is C13H14ClN3O4S. The number of nitrogens with one attached hydrogen (secondary N) is 2. The Bertz CT molecular complexity index is 801. The number of aryl methyl sites for hydroxylation is 1. The molecule has 0 saturated heterocycles. The van der Waals surface area contributed by atoms with Crippen molar-refractivity contribution >= 4 is 33.2 Å². The van der Waals surface area contributed by atoms with Crippen LogP contribution >= 0.6 is 11.6 Å². The fourth-order valence-electron chi connectivity index (χ4n) is 1.80. The van der Waals surface area contributed by atoms with Gasteiger partial charge in [-0.3, -0.25) is 9.52 Å². The third kappa shape index (κ3) is 3.99. The molecule has 1 aromatic heterocycles. The van der Waals surface area contributed by atoms with Gasteiger partial charge in [-0.2, -0.15) is 0 Å². The number of hydrogen-bond donors (Lipinski definition) is 2. The Labute approximate surface area is 132 Å². The van der Waals surface area contributed by atoms with Crippen molar-refractivity contribution < 1.29 is 17.7 Å². The van der Waals surface area contributed by atoms with Gasteiger partial charge in [0.15, 0.2) is 5.76 Å². The molecule has 1 aromatic carbocycles. The molecule has 0 saturated carbocycles. The van der Waals surface area contributed by atoms with E-state index < -0.39 is 15.9 Å². The number of sulfonamides is 1. The topological polar surface area (TPSA) is 101 Å². The van der Waals surface area contributed by atoms with Crippen LogP contribution in [0.25, 0.3) is 0 Å². The number of anilines is 1. The summed E-state index contributed by atoms with van der Waals surface area (Å²) >= 11 is 5.84. The average Bonchev–Trinajstić information content (AvgIpc) is 2.84. The molecule has 1 heterocycles. The number of rotatable bonds is 5. The fourth-order valence-corrected chi connectivity index (χ4v) is 3.07. The Morgan fingerprint density at radius 3 is 2.68 bits per heavy atom. The van der Waals surface area contributed by atoms with Crippen LogP contribution < -0.4 is 10.0 Å². The van der Waals surface area contributed by atoms with Crippen molar-refractivity contribution in [2.45, 2.75) is 12.7 Å². The van der Waals surface area contributed by atoms with E-state index in [4.69, 9.17) is 16.1 Å². The van der Waals surface area contributed by atoms with Crippen molar-refractivity contribution in [1.82, 2.24) is 10.5 Å². The van der Waals surface area contributed by atoms with Crippen molar-refractivity contribution in [2.75, 3.05) is 11.8 Å². The molecule has 0 bridgehead atoms. The van der Waals surface area contributed by atoms with Crippen molar-refractivity contribution in [1.29, 1.82) is 0 Å². The lowest BCUT2D eigenvalue weighted by atomic mass is 10.2. The SMILES string of the molecule is CNC(=O)c1cc(Cl)ccc1NS(=O)(=O)Cc1cc(C)no1. The van der Waals surface area contributed by atoms with Crippen molar-refractivity contribution in [3.8, 4) is 0 Å². The molecule has 7 nitrogen and oxygen atoms in total. The van der Waals surface area contributed by atoms with Crippen LogP contribution in [0.4, 0.5) is 5.69 Å². The van der Waals surface area contributed by atoms with Gasteiger partial charge in [0, 0.05) is 18.1 Å². The highest BCUT2D eigenvalue weighted by molar-refractivity contribution is 7.91. The van der Waals surface area contributed by atoms with E-state index in [0.717, 1.165) is 0 Å². The number of benzene rings is 1. The first-order valence-electron chi connectivity index (χ1n) is 6.25. The third-order valence-electron chi connectivity index (χ3n) is 2.73. The predicted molar refractivity (Wildman–Crippen MR) is 82.3 cm³/mol. The lowest BCUT2D eigenvalue weighted by Crippen LogP contribution is -2.22. The highest BCUT2D eigenvalue weighted by atomic mass is 35.5. The summed E-state index contributed by atoms with van der Waals surface area (Å²) in [5.74, 6) is -0.625. The molecule has 0 spiro atoms. The van der Waals surface area contributed by atoms with Gasteiger partial charge in [0.2, 0.25) is 10.0 Å². The second kappa shape index (κ2) is 6.37. The average molecular weight is 344 g/mol. The van der Waals surface area contributed by atoms with E-state index in [1.165, 1.54) is 31.3 Å². The first-order chi connectivity index (χ1) is 10.3. The molecule has 0 aliphatic rings. The van der Waals surface area contributed by atoms with Crippen molar-refractivity contribution in [3.05, 3.63) is 46.3 Å². The summed E-state index contributed by atoms with van der Waals surface area (Å²) in [6.07, 6.45) is 0. The molecule has 118 valence electrons. The molecule has 0 aliphatic heterocycles. The van der Waals surface area contributed by atoms with Gasteiger partial charge in [-0.05, 0) is 25.1 Å². The van der Waals surface area contributed by atoms with Gasteiger partial charge in [0.05, 0.1) is 16.9 Å². The largest absolute Gasteiger partial charge is 0.360 e. The van der Waals surface area contributed by atoms with Gasteiger partial charge < -0.3 is 9.84 Å². The molecular weight excluding hydrogens is 330 g/mol. The van der Waals surface area contributed by atoms with Gasteiger partial charge in [-0.1, -0.05) is 16.8 Å². The molecule has 2 aromatic rings. The molecule has 2 rings (SSSR count). The van der Waals surface area contributed by atoms with E-state index in [0.29, 0.717) is 10.7 Å². The maximum Gasteiger partial charge on any atom is 0.253 e. The summed E-state index contributed by atoms with van der Waals surface area (Å²) in [6, 6.07) is 5.83. The van der Waals surface area contributed by atoms with E-state index in [2.05, 4.69) is 15.2 Å². The molecule has 0 radical (unpaired) electrons. The van der Waals surface area contributed by atoms with Crippen LogP contribution in [0.15, 0.2) is 28.8 Å². The summed E-state index contributed by atoms with van der Waals surface area (Å²) in [6.45, 7) is 1.69. The van der Waals surface area contributed by atoms with E-state index >= 15 is 0 Å². The minimum absolute atomic E-state index is 0.132. The van der Waals surface area contributed by atoms with Crippen LogP contribution in [0.5, 0.6) is 0 Å². The molecule has 1 amide bonds. The Kier molecular flexibility index (Phi) is 4.72. The summed E-state index contributed by atoms with van der Waals surface area (Å²) < 4.78 is 31.6. The quantitative estimate of drug-likeness (QED) is 0.863. The second-order valence-electron chi connectivity index (χ2n) is 4.56. The normalized spacial score (nSPS) is 11.2. The zero-order valence-corrected chi connectivity index (χ0v) is 13.5. The van der Waals surface area contributed by atoms with Crippen LogP contribution in [0, 0.1) is 6.92 Å². The van der Waals surface area contributed by atoms with E-state index in [9.17, 15) is 13.2 Å². The zero-order valence-electron chi connectivity index (χ0n) is 11.9. The second-order valence-corrected chi connectivity index (χ2v) is 6.72. The van der Waals surface area contributed by atoms with Gasteiger partial charge in [0.25, 0.3) is 5.91 Å². The Morgan fingerprint density at radius 2 is 2.09 bits per heavy atom. The smallest absolute Gasteiger partial charge is 0.253 e. The monoisotopic (exact) mass is 343 g/mol. The highest BCUT2D eigenvalue weighted by Crippen LogP contribution is 2.22. The number of nitrogens with zero attached hydrogens (tertiary/aromatic N) is 1. The van der Waals surface area contributed by atoms with Crippen molar-refractivity contribution in [2.24, 2.45) is 0 Å². The molecule has 0 fully saturated rings. The predicted octanol–water partition coefficient (Wildman–Crippen LogP) is 1.94. The van der Waals surface area contributed by atoms with Gasteiger partial charge in [-0.15, -0.1) is 0 Å². The van der Waals surface area contributed by atoms with Crippen LogP contribution in [0.3, 0.4) is 0 Å². The Balaban J connectivity index is 2.27. The number of carbonyl (C=O) groups excluding carboxylic acids is 1. The molecule has 0 aliphatic carbocycles. The number of aromatic nitrogens is 1. The summed E-state index contributed by atoms with van der Waals surface area (Å²) in [4.78, 5) is 11.8. The highest BCUT2D eigenvalue weighted by Gasteiger charge is 2.19.